The molecule has 4 nitrogen and oxygen atoms in total. The first kappa shape index (κ1) is 17.2. The monoisotopic (exact) mass is 316 g/mol. The highest BCUT2D eigenvalue weighted by molar-refractivity contribution is 5.57. The SMILES string of the molecule is CCCc1cc(N(CC)CC)nc(Nc2cc(C)ccc2F)n1. The predicted molar refractivity (Wildman–Crippen MR) is 94.0 cm³/mol. The number of nitrogens with zero attached hydrogens (tertiary/aromatic N) is 3. The van der Waals surface area contributed by atoms with Crippen LogP contribution in [0.4, 0.5) is 21.8 Å². The van der Waals surface area contributed by atoms with Gasteiger partial charge in [0.2, 0.25) is 5.95 Å². The molecule has 1 heterocycles. The van der Waals surface area contributed by atoms with Crippen LogP contribution in [0, 0.1) is 12.7 Å². The Morgan fingerprint density at radius 2 is 1.83 bits per heavy atom. The van der Waals surface area contributed by atoms with Crippen LogP contribution >= 0.6 is 0 Å². The Morgan fingerprint density at radius 1 is 1.09 bits per heavy atom. The number of aryl methyl sites for hydroxylation is 2. The van der Waals surface area contributed by atoms with Crippen molar-refractivity contribution in [3.8, 4) is 0 Å². The standard InChI is InChI=1S/C18H25FN4/c1-5-8-14-12-17(23(6-2)7-3)22-18(20-14)21-16-11-13(4)9-10-15(16)19/h9-12H,5-8H2,1-4H3,(H,20,21,22). The van der Waals surface area contributed by atoms with Crippen LogP contribution in [-0.2, 0) is 6.42 Å². The van der Waals surface area contributed by atoms with Gasteiger partial charge in [-0.3, -0.25) is 0 Å². The van der Waals surface area contributed by atoms with Crippen molar-refractivity contribution in [3.05, 3.63) is 41.3 Å². The molecule has 0 radical (unpaired) electrons. The van der Waals surface area contributed by atoms with Crippen molar-refractivity contribution in [1.82, 2.24) is 9.97 Å². The van der Waals surface area contributed by atoms with Crippen molar-refractivity contribution >= 4 is 17.5 Å². The fraction of sp³-hybridized carbons (Fsp3) is 0.444. The molecule has 0 saturated heterocycles. The summed E-state index contributed by atoms with van der Waals surface area (Å²) in [6, 6.07) is 6.99. The van der Waals surface area contributed by atoms with Crippen LogP contribution in [0.3, 0.4) is 0 Å². The fourth-order valence-corrected chi connectivity index (χ4v) is 2.49. The number of benzene rings is 1. The minimum atomic E-state index is -0.301. The normalized spacial score (nSPS) is 10.7. The van der Waals surface area contributed by atoms with Crippen molar-refractivity contribution in [2.24, 2.45) is 0 Å². The zero-order valence-corrected chi connectivity index (χ0v) is 14.4. The number of hydrogen-bond acceptors (Lipinski definition) is 4. The third-order valence-corrected chi connectivity index (χ3v) is 3.73. The number of nitrogens with one attached hydrogen (secondary N) is 1. The first-order valence-corrected chi connectivity index (χ1v) is 8.23. The summed E-state index contributed by atoms with van der Waals surface area (Å²) in [4.78, 5) is 11.3. The molecule has 0 aliphatic carbocycles. The third-order valence-electron chi connectivity index (χ3n) is 3.73. The van der Waals surface area contributed by atoms with Gasteiger partial charge in [0.05, 0.1) is 5.69 Å². The summed E-state index contributed by atoms with van der Waals surface area (Å²) < 4.78 is 14.0. The average Bonchev–Trinajstić information content (AvgIpc) is 2.52. The largest absolute Gasteiger partial charge is 0.357 e. The van der Waals surface area contributed by atoms with Gasteiger partial charge < -0.3 is 10.2 Å². The van der Waals surface area contributed by atoms with Crippen LogP contribution in [0.15, 0.2) is 24.3 Å². The van der Waals surface area contributed by atoms with Gasteiger partial charge in [-0.05, 0) is 44.9 Å². The third kappa shape index (κ3) is 4.41. The molecule has 0 aliphatic heterocycles. The lowest BCUT2D eigenvalue weighted by Crippen LogP contribution is -2.23. The lowest BCUT2D eigenvalue weighted by molar-refractivity contribution is 0.631. The van der Waals surface area contributed by atoms with E-state index in [1.165, 1.54) is 6.07 Å². The van der Waals surface area contributed by atoms with E-state index in [4.69, 9.17) is 0 Å². The molecule has 0 fully saturated rings. The Bertz CT molecular complexity index is 653. The molecular formula is C18H25FN4. The van der Waals surface area contributed by atoms with E-state index in [2.05, 4.69) is 41.0 Å². The Morgan fingerprint density at radius 3 is 2.48 bits per heavy atom. The van der Waals surface area contributed by atoms with Gasteiger partial charge in [-0.1, -0.05) is 19.4 Å². The quantitative estimate of drug-likeness (QED) is 0.818. The van der Waals surface area contributed by atoms with Gasteiger partial charge in [-0.25, -0.2) is 9.37 Å². The molecular weight excluding hydrogens is 291 g/mol. The molecule has 0 unspecified atom stereocenters. The van der Waals surface area contributed by atoms with Gasteiger partial charge >= 0.3 is 0 Å². The number of aromatic nitrogens is 2. The van der Waals surface area contributed by atoms with Gasteiger partial charge in [0, 0.05) is 24.8 Å². The molecule has 1 aromatic carbocycles. The molecule has 0 aliphatic rings. The van der Waals surface area contributed by atoms with Crippen LogP contribution in [0.2, 0.25) is 0 Å². The van der Waals surface area contributed by atoms with Crippen LogP contribution < -0.4 is 10.2 Å². The van der Waals surface area contributed by atoms with Gasteiger partial charge in [0.25, 0.3) is 0 Å². The van der Waals surface area contributed by atoms with E-state index in [0.29, 0.717) is 11.6 Å². The first-order chi connectivity index (χ1) is 11.1. The van der Waals surface area contributed by atoms with E-state index < -0.39 is 0 Å². The van der Waals surface area contributed by atoms with E-state index >= 15 is 0 Å². The molecule has 0 spiro atoms. The maximum Gasteiger partial charge on any atom is 0.229 e. The zero-order chi connectivity index (χ0) is 16.8. The molecule has 2 aromatic rings. The summed E-state index contributed by atoms with van der Waals surface area (Å²) in [5.74, 6) is 1.02. The Kier molecular flexibility index (Phi) is 5.90. The summed E-state index contributed by atoms with van der Waals surface area (Å²) in [5.41, 5.74) is 2.37. The van der Waals surface area contributed by atoms with Crippen molar-refractivity contribution in [3.63, 3.8) is 0 Å². The second-order valence-corrected chi connectivity index (χ2v) is 5.57. The van der Waals surface area contributed by atoms with Gasteiger partial charge in [0.1, 0.15) is 11.6 Å². The van der Waals surface area contributed by atoms with E-state index in [9.17, 15) is 4.39 Å². The summed E-state index contributed by atoms with van der Waals surface area (Å²) in [5, 5.41) is 3.03. The molecule has 0 saturated carbocycles. The molecule has 23 heavy (non-hydrogen) atoms. The van der Waals surface area contributed by atoms with Crippen molar-refractivity contribution in [2.75, 3.05) is 23.3 Å². The minimum absolute atomic E-state index is 0.301. The molecule has 0 bridgehead atoms. The Balaban J connectivity index is 2.38. The highest BCUT2D eigenvalue weighted by Crippen LogP contribution is 2.22. The number of anilines is 3. The summed E-state index contributed by atoms with van der Waals surface area (Å²) >= 11 is 0. The van der Waals surface area contributed by atoms with Gasteiger partial charge in [-0.15, -0.1) is 0 Å². The second kappa shape index (κ2) is 7.90. The molecule has 5 heteroatoms. The van der Waals surface area contributed by atoms with E-state index in [1.807, 2.05) is 13.0 Å². The maximum atomic E-state index is 14.0. The van der Waals surface area contributed by atoms with Crippen molar-refractivity contribution < 1.29 is 4.39 Å². The minimum Gasteiger partial charge on any atom is -0.357 e. The second-order valence-electron chi connectivity index (χ2n) is 5.57. The van der Waals surface area contributed by atoms with E-state index in [-0.39, 0.29) is 5.82 Å². The number of rotatable bonds is 7. The number of hydrogen-bond donors (Lipinski definition) is 1. The van der Waals surface area contributed by atoms with Gasteiger partial charge in [0.15, 0.2) is 0 Å². The maximum absolute atomic E-state index is 14.0. The smallest absolute Gasteiger partial charge is 0.229 e. The van der Waals surface area contributed by atoms with Crippen molar-refractivity contribution in [2.45, 2.75) is 40.5 Å². The molecule has 0 atom stereocenters. The Hall–Kier alpha value is -2.17. The molecule has 0 amide bonds. The highest BCUT2D eigenvalue weighted by atomic mass is 19.1. The average molecular weight is 316 g/mol. The lowest BCUT2D eigenvalue weighted by Gasteiger charge is -2.21. The fourth-order valence-electron chi connectivity index (χ4n) is 2.49. The lowest BCUT2D eigenvalue weighted by atomic mass is 10.2. The molecule has 2 rings (SSSR count). The van der Waals surface area contributed by atoms with E-state index in [1.54, 1.807) is 12.1 Å². The van der Waals surface area contributed by atoms with E-state index in [0.717, 1.165) is 43.0 Å². The Labute approximate surface area is 137 Å². The molecule has 1 aromatic heterocycles. The number of halogens is 1. The molecule has 124 valence electrons. The topological polar surface area (TPSA) is 41.1 Å². The predicted octanol–water partition coefficient (Wildman–Crippen LogP) is 4.47. The molecule has 1 N–H and O–H groups in total. The summed E-state index contributed by atoms with van der Waals surface area (Å²) in [7, 11) is 0. The van der Waals surface area contributed by atoms with Crippen LogP contribution in [0.5, 0.6) is 0 Å². The van der Waals surface area contributed by atoms with Crippen LogP contribution in [0.1, 0.15) is 38.4 Å². The highest BCUT2D eigenvalue weighted by Gasteiger charge is 2.11. The first-order valence-electron chi connectivity index (χ1n) is 8.23. The zero-order valence-electron chi connectivity index (χ0n) is 14.4. The summed E-state index contributed by atoms with van der Waals surface area (Å²) in [6.45, 7) is 9.98. The van der Waals surface area contributed by atoms with Crippen LogP contribution in [-0.4, -0.2) is 23.1 Å². The van der Waals surface area contributed by atoms with Crippen molar-refractivity contribution in [1.29, 1.82) is 0 Å². The summed E-state index contributed by atoms with van der Waals surface area (Å²) in [6.07, 6.45) is 1.88. The van der Waals surface area contributed by atoms with Crippen LogP contribution in [0.25, 0.3) is 0 Å². The van der Waals surface area contributed by atoms with Gasteiger partial charge in [-0.2, -0.15) is 4.98 Å².